The smallest absolute Gasteiger partial charge is 0.188 e. The van der Waals surface area contributed by atoms with Gasteiger partial charge in [0.1, 0.15) is 32.6 Å². The molecule has 8 rings (SSSR count). The molecule has 2 aliphatic heterocycles. The van der Waals surface area contributed by atoms with Crippen LogP contribution in [-0.2, 0) is 29.2 Å². The fraction of sp³-hybridized carbons (Fsp3) is 0.368. The Kier molecular flexibility index (Phi) is 10.3. The molecule has 4 atom stereocenters. The Labute approximate surface area is 322 Å². The van der Waals surface area contributed by atoms with E-state index in [4.69, 9.17) is 55.9 Å². The summed E-state index contributed by atoms with van der Waals surface area (Å²) in [5.41, 5.74) is 0.159. The fourth-order valence-electron chi connectivity index (χ4n) is 8.65. The third-order valence-corrected chi connectivity index (χ3v) is 17.3. The fourth-order valence-corrected chi connectivity index (χ4v) is 14.2. The van der Waals surface area contributed by atoms with Gasteiger partial charge in [-0.15, -0.1) is 0 Å². The molecule has 0 amide bonds. The second kappa shape index (κ2) is 14.2. The number of hydrogen-bond acceptors (Lipinski definition) is 6. The first-order chi connectivity index (χ1) is 24.8. The van der Waals surface area contributed by atoms with Crippen molar-refractivity contribution in [3.05, 3.63) is 116 Å². The molecule has 4 aliphatic rings. The van der Waals surface area contributed by atoms with Crippen LogP contribution in [0.25, 0.3) is 0 Å². The number of hydrogen-bond donors (Lipinski definition) is 0. The maximum atomic E-state index is 15.0. The maximum absolute atomic E-state index is 15.0. The molecule has 2 saturated carbocycles. The van der Waals surface area contributed by atoms with E-state index in [1.165, 1.54) is 72.8 Å². The molecular formula is C38H34Cl4F2O6S2. The van der Waals surface area contributed by atoms with Gasteiger partial charge in [-0.1, -0.05) is 72.1 Å². The molecule has 4 aromatic rings. The molecule has 0 radical (unpaired) electrons. The summed E-state index contributed by atoms with van der Waals surface area (Å²) in [7, 11) is -7.78. The molecule has 14 heteroatoms. The van der Waals surface area contributed by atoms with E-state index in [1.807, 2.05) is 0 Å². The number of benzene rings is 4. The van der Waals surface area contributed by atoms with Crippen molar-refractivity contribution in [1.82, 2.24) is 0 Å². The van der Waals surface area contributed by atoms with Crippen LogP contribution in [-0.4, -0.2) is 30.0 Å². The summed E-state index contributed by atoms with van der Waals surface area (Å²) in [6.45, 7) is 0.423. The Morgan fingerprint density at radius 1 is 0.538 bits per heavy atom. The zero-order valence-electron chi connectivity index (χ0n) is 27.7. The molecule has 0 aromatic heterocycles. The summed E-state index contributed by atoms with van der Waals surface area (Å²) in [6, 6.07) is 17.3. The number of halogens is 6. The molecule has 4 aromatic carbocycles. The van der Waals surface area contributed by atoms with Crippen molar-refractivity contribution in [2.45, 2.75) is 70.7 Å². The molecule has 0 bridgehead atoms. The van der Waals surface area contributed by atoms with Crippen molar-refractivity contribution >= 4 is 66.1 Å². The first-order valence-electron chi connectivity index (χ1n) is 17.0. The van der Waals surface area contributed by atoms with Gasteiger partial charge in [0.15, 0.2) is 19.7 Å². The van der Waals surface area contributed by atoms with Crippen LogP contribution < -0.4 is 9.47 Å². The Bertz CT molecular complexity index is 2080. The molecular weight excluding hydrogens is 796 g/mol. The third kappa shape index (κ3) is 5.91. The minimum Gasteiger partial charge on any atom is -0.491 e. The molecule has 276 valence electrons. The van der Waals surface area contributed by atoms with Crippen LogP contribution in [0.3, 0.4) is 0 Å². The Hall–Kier alpha value is -2.60. The van der Waals surface area contributed by atoms with Gasteiger partial charge < -0.3 is 9.47 Å². The van der Waals surface area contributed by atoms with E-state index >= 15 is 0 Å². The van der Waals surface area contributed by atoms with E-state index in [9.17, 15) is 25.6 Å². The van der Waals surface area contributed by atoms with Gasteiger partial charge in [0.05, 0.1) is 44.2 Å². The van der Waals surface area contributed by atoms with Crippen molar-refractivity contribution in [2.24, 2.45) is 11.8 Å². The molecule has 52 heavy (non-hydrogen) atoms. The summed E-state index contributed by atoms with van der Waals surface area (Å²) in [6.07, 6.45) is 5.21. The van der Waals surface area contributed by atoms with E-state index in [0.29, 0.717) is 48.6 Å². The highest BCUT2D eigenvalue weighted by atomic mass is 35.5. The molecule has 0 N–H and O–H groups in total. The van der Waals surface area contributed by atoms with E-state index in [2.05, 4.69) is 0 Å². The average molecular weight is 831 g/mol. The second-order valence-electron chi connectivity index (χ2n) is 13.7. The predicted molar refractivity (Wildman–Crippen MR) is 198 cm³/mol. The summed E-state index contributed by atoms with van der Waals surface area (Å²) in [5.74, 6) is -1.51. The summed E-state index contributed by atoms with van der Waals surface area (Å²) < 4.78 is 93.7. The van der Waals surface area contributed by atoms with Gasteiger partial charge in [-0.3, -0.25) is 0 Å². The first kappa shape index (κ1) is 37.7. The largest absolute Gasteiger partial charge is 0.491 e. The van der Waals surface area contributed by atoms with E-state index in [0.717, 1.165) is 12.8 Å². The van der Waals surface area contributed by atoms with Crippen LogP contribution in [0.4, 0.5) is 8.78 Å². The van der Waals surface area contributed by atoms with E-state index in [-0.39, 0.29) is 67.5 Å². The standard InChI is InChI=1S/2C19H17Cl2FO3S/c2*20-13-4-6-14(7-5-13)26(23,24)19-10-2-1-3-12(19)11-25-18-15(21)8-9-16(22)17(18)19/h2*4-9,12H,1-3,10-11H2/t2*12-,19+/m00/s1. The van der Waals surface area contributed by atoms with Crippen molar-refractivity contribution in [3.8, 4) is 11.5 Å². The second-order valence-corrected chi connectivity index (χ2v) is 19.8. The number of rotatable bonds is 4. The highest BCUT2D eigenvalue weighted by Crippen LogP contribution is 2.59. The van der Waals surface area contributed by atoms with Crippen LogP contribution in [0.2, 0.25) is 20.1 Å². The Morgan fingerprint density at radius 2 is 0.904 bits per heavy atom. The number of fused-ring (bicyclic) bond motifs is 6. The molecule has 2 heterocycles. The van der Waals surface area contributed by atoms with Crippen LogP contribution in [0, 0.1) is 23.5 Å². The highest BCUT2D eigenvalue weighted by Gasteiger charge is 2.59. The van der Waals surface area contributed by atoms with Crippen molar-refractivity contribution in [3.63, 3.8) is 0 Å². The topological polar surface area (TPSA) is 86.7 Å². The van der Waals surface area contributed by atoms with Gasteiger partial charge in [0.2, 0.25) is 0 Å². The number of ether oxygens (including phenoxy) is 2. The van der Waals surface area contributed by atoms with Gasteiger partial charge >= 0.3 is 0 Å². The Morgan fingerprint density at radius 3 is 1.27 bits per heavy atom. The Balaban J connectivity index is 0.000000162. The summed E-state index contributed by atoms with van der Waals surface area (Å²) in [5, 5.41) is 1.36. The normalized spacial score (nSPS) is 25.1. The minimum absolute atomic E-state index is 0.0795. The number of sulfone groups is 2. The lowest BCUT2D eigenvalue weighted by atomic mass is 9.73. The maximum Gasteiger partial charge on any atom is 0.188 e. The van der Waals surface area contributed by atoms with Crippen molar-refractivity contribution in [1.29, 1.82) is 0 Å². The average Bonchev–Trinajstić information content (AvgIpc) is 3.14. The molecule has 2 fully saturated rings. The van der Waals surface area contributed by atoms with Crippen LogP contribution in [0.1, 0.15) is 62.5 Å². The quantitative estimate of drug-likeness (QED) is 0.204. The first-order valence-corrected chi connectivity index (χ1v) is 21.5. The molecule has 0 saturated heterocycles. The third-order valence-electron chi connectivity index (χ3n) is 11.0. The van der Waals surface area contributed by atoms with Crippen LogP contribution in [0.15, 0.2) is 82.6 Å². The zero-order valence-corrected chi connectivity index (χ0v) is 32.3. The summed E-state index contributed by atoms with van der Waals surface area (Å²) in [4.78, 5) is 0.280. The van der Waals surface area contributed by atoms with Crippen molar-refractivity contribution < 1.29 is 35.1 Å². The van der Waals surface area contributed by atoms with Gasteiger partial charge in [-0.05, 0) is 98.5 Å². The molecule has 0 unspecified atom stereocenters. The van der Waals surface area contributed by atoms with Gasteiger partial charge in [0.25, 0.3) is 0 Å². The lowest BCUT2D eigenvalue weighted by Gasteiger charge is -2.47. The SMILES string of the molecule is O=S(=O)(c1ccc(Cl)cc1)[C@]12CCCC[C@H]1COc1c(Cl)ccc(F)c12.O=S(=O)(c1ccc(Cl)cc1)[C@]12CCCC[C@H]1COc1c(Cl)ccc(F)c12. The highest BCUT2D eigenvalue weighted by molar-refractivity contribution is 7.92. The lowest BCUT2D eigenvalue weighted by Crippen LogP contribution is -2.50. The minimum atomic E-state index is -3.89. The molecule has 6 nitrogen and oxygen atoms in total. The molecule has 2 aliphatic carbocycles. The summed E-state index contributed by atoms with van der Waals surface area (Å²) >= 11 is 24.3. The van der Waals surface area contributed by atoms with E-state index in [1.54, 1.807) is 0 Å². The van der Waals surface area contributed by atoms with Gasteiger partial charge in [0, 0.05) is 21.9 Å². The van der Waals surface area contributed by atoms with Gasteiger partial charge in [-0.25, -0.2) is 25.6 Å². The monoisotopic (exact) mass is 828 g/mol. The van der Waals surface area contributed by atoms with Crippen LogP contribution >= 0.6 is 46.4 Å². The zero-order chi connectivity index (χ0) is 37.1. The van der Waals surface area contributed by atoms with Crippen molar-refractivity contribution in [2.75, 3.05) is 13.2 Å². The molecule has 0 spiro atoms. The predicted octanol–water partition coefficient (Wildman–Crippen LogP) is 10.8. The lowest BCUT2D eigenvalue weighted by molar-refractivity contribution is 0.130. The van der Waals surface area contributed by atoms with E-state index < -0.39 is 40.8 Å². The van der Waals surface area contributed by atoms with Crippen LogP contribution in [0.5, 0.6) is 11.5 Å². The van der Waals surface area contributed by atoms with Gasteiger partial charge in [-0.2, -0.15) is 0 Å².